The average Bonchev–Trinajstić information content (AvgIpc) is 2.94. The normalized spacial score (nSPS) is 18.4. The molecule has 0 bridgehead atoms. The third-order valence-electron chi connectivity index (χ3n) is 5.68. The predicted molar refractivity (Wildman–Crippen MR) is 111 cm³/mol. The Kier molecular flexibility index (Phi) is 6.76. The molecule has 0 aromatic heterocycles. The summed E-state index contributed by atoms with van der Waals surface area (Å²) < 4.78 is 5.52. The zero-order chi connectivity index (χ0) is 20.1. The highest BCUT2D eigenvalue weighted by Crippen LogP contribution is 2.34. The van der Waals surface area contributed by atoms with Crippen molar-refractivity contribution in [1.29, 1.82) is 0 Å². The number of hydrogen-bond acceptors (Lipinski definition) is 4. The molecular weight excluding hydrogens is 352 g/mol. The van der Waals surface area contributed by atoms with Gasteiger partial charge >= 0.3 is 0 Å². The van der Waals surface area contributed by atoms with Crippen molar-refractivity contribution in [1.82, 2.24) is 9.80 Å². The number of nitrogens with zero attached hydrogens (tertiary/aromatic N) is 2. The fourth-order valence-corrected chi connectivity index (χ4v) is 3.96. The van der Waals surface area contributed by atoms with Crippen LogP contribution in [0, 0.1) is 5.92 Å². The molecule has 0 N–H and O–H groups in total. The Morgan fingerprint density at radius 1 is 1.00 bits per heavy atom. The van der Waals surface area contributed by atoms with E-state index in [0.29, 0.717) is 30.3 Å². The van der Waals surface area contributed by atoms with Crippen molar-refractivity contribution in [3.63, 3.8) is 0 Å². The first-order valence-corrected chi connectivity index (χ1v) is 10.6. The van der Waals surface area contributed by atoms with Gasteiger partial charge in [0.1, 0.15) is 11.4 Å². The van der Waals surface area contributed by atoms with Gasteiger partial charge in [-0.05, 0) is 49.8 Å². The van der Waals surface area contributed by atoms with Crippen molar-refractivity contribution in [2.24, 2.45) is 5.92 Å². The number of carbonyl (C=O) groups is 2. The van der Waals surface area contributed by atoms with E-state index in [4.69, 9.17) is 4.74 Å². The van der Waals surface area contributed by atoms with Gasteiger partial charge in [-0.3, -0.25) is 14.5 Å². The molecule has 1 fully saturated rings. The SMILES string of the molecule is CCCCCN1C(=O)C(c2ccc(OCC)cc2)=C(N2CCC(C)CC2)C1=O. The Morgan fingerprint density at radius 3 is 2.29 bits per heavy atom. The van der Waals surface area contributed by atoms with Gasteiger partial charge in [-0.1, -0.05) is 38.8 Å². The van der Waals surface area contributed by atoms with Crippen LogP contribution in [0.25, 0.3) is 5.57 Å². The standard InChI is InChI=1S/C23H32N2O3/c1-4-6-7-14-25-22(26)20(18-8-10-19(11-9-18)28-5-2)21(23(25)27)24-15-12-17(3)13-16-24/h8-11,17H,4-7,12-16H2,1-3H3. The molecule has 1 aromatic rings. The Hall–Kier alpha value is -2.30. The number of likely N-dealkylation sites (tertiary alicyclic amines) is 1. The molecule has 2 amide bonds. The quantitative estimate of drug-likeness (QED) is 0.500. The molecular formula is C23H32N2O3. The van der Waals surface area contributed by atoms with Gasteiger partial charge in [-0.2, -0.15) is 0 Å². The summed E-state index contributed by atoms with van der Waals surface area (Å²) in [4.78, 5) is 30.0. The van der Waals surface area contributed by atoms with Gasteiger partial charge in [0.25, 0.3) is 11.8 Å². The van der Waals surface area contributed by atoms with Crippen LogP contribution < -0.4 is 4.74 Å². The molecule has 2 aliphatic heterocycles. The van der Waals surface area contributed by atoms with Crippen LogP contribution in [0.1, 0.15) is 58.4 Å². The number of piperidine rings is 1. The predicted octanol–water partition coefficient (Wildman–Crippen LogP) is 4.09. The molecule has 5 heteroatoms. The van der Waals surface area contributed by atoms with Crippen LogP contribution in [0.15, 0.2) is 30.0 Å². The van der Waals surface area contributed by atoms with E-state index < -0.39 is 0 Å². The number of benzene rings is 1. The number of carbonyl (C=O) groups excluding carboxylic acids is 2. The highest BCUT2D eigenvalue weighted by Gasteiger charge is 2.41. The van der Waals surface area contributed by atoms with Crippen molar-refractivity contribution in [2.45, 2.75) is 52.9 Å². The van der Waals surface area contributed by atoms with Gasteiger partial charge in [0, 0.05) is 19.6 Å². The second-order valence-corrected chi connectivity index (χ2v) is 7.82. The minimum atomic E-state index is -0.154. The minimum absolute atomic E-state index is 0.125. The van der Waals surface area contributed by atoms with Crippen LogP contribution in [-0.4, -0.2) is 47.9 Å². The van der Waals surface area contributed by atoms with Gasteiger partial charge in [0.05, 0.1) is 12.2 Å². The number of rotatable bonds is 8. The van der Waals surface area contributed by atoms with Crippen LogP contribution >= 0.6 is 0 Å². The lowest BCUT2D eigenvalue weighted by Gasteiger charge is -2.32. The monoisotopic (exact) mass is 384 g/mol. The second-order valence-electron chi connectivity index (χ2n) is 7.82. The van der Waals surface area contributed by atoms with Gasteiger partial charge in [0.15, 0.2) is 0 Å². The third kappa shape index (κ3) is 4.23. The Bertz CT molecular complexity index is 731. The first-order valence-electron chi connectivity index (χ1n) is 10.6. The van der Waals surface area contributed by atoms with Crippen LogP contribution in [0.4, 0.5) is 0 Å². The summed E-state index contributed by atoms with van der Waals surface area (Å²) in [5.74, 6) is 1.16. The zero-order valence-electron chi connectivity index (χ0n) is 17.4. The maximum atomic E-state index is 13.2. The third-order valence-corrected chi connectivity index (χ3v) is 5.68. The fourth-order valence-electron chi connectivity index (χ4n) is 3.96. The van der Waals surface area contributed by atoms with Crippen LogP contribution in [0.2, 0.25) is 0 Å². The summed E-state index contributed by atoms with van der Waals surface area (Å²) in [6, 6.07) is 7.54. The van der Waals surface area contributed by atoms with E-state index in [1.165, 1.54) is 4.90 Å². The minimum Gasteiger partial charge on any atom is -0.494 e. The van der Waals surface area contributed by atoms with E-state index >= 15 is 0 Å². The Balaban J connectivity index is 1.93. The summed E-state index contributed by atoms with van der Waals surface area (Å²) in [7, 11) is 0. The first kappa shape index (κ1) is 20.4. The molecule has 0 spiro atoms. The number of imide groups is 1. The van der Waals surface area contributed by atoms with Gasteiger partial charge in [0.2, 0.25) is 0 Å². The van der Waals surface area contributed by atoms with Crippen molar-refractivity contribution < 1.29 is 14.3 Å². The van der Waals surface area contributed by atoms with E-state index in [1.807, 2.05) is 31.2 Å². The van der Waals surface area contributed by atoms with Crippen LogP contribution in [0.5, 0.6) is 5.75 Å². The Morgan fingerprint density at radius 2 is 1.68 bits per heavy atom. The molecule has 0 atom stereocenters. The summed E-state index contributed by atoms with van der Waals surface area (Å²) in [5.41, 5.74) is 1.95. The molecule has 1 aromatic carbocycles. The molecule has 0 saturated carbocycles. The fraction of sp³-hybridized carbons (Fsp3) is 0.565. The summed E-state index contributed by atoms with van der Waals surface area (Å²) in [6.07, 6.45) is 5.04. The van der Waals surface area contributed by atoms with Gasteiger partial charge in [-0.25, -0.2) is 0 Å². The maximum Gasteiger partial charge on any atom is 0.277 e. The Labute approximate surface area is 168 Å². The highest BCUT2D eigenvalue weighted by atomic mass is 16.5. The second kappa shape index (κ2) is 9.26. The summed E-state index contributed by atoms with van der Waals surface area (Å²) in [6.45, 7) is 9.08. The lowest BCUT2D eigenvalue weighted by molar-refractivity contribution is -0.137. The number of unbranched alkanes of at least 4 members (excludes halogenated alkanes) is 2. The molecule has 152 valence electrons. The van der Waals surface area contributed by atoms with Crippen LogP contribution in [-0.2, 0) is 9.59 Å². The van der Waals surface area contributed by atoms with E-state index in [1.54, 1.807) is 0 Å². The lowest BCUT2D eigenvalue weighted by atomic mass is 9.97. The number of ether oxygens (including phenoxy) is 1. The van der Waals surface area contributed by atoms with Gasteiger partial charge < -0.3 is 9.64 Å². The van der Waals surface area contributed by atoms with E-state index in [9.17, 15) is 9.59 Å². The molecule has 28 heavy (non-hydrogen) atoms. The molecule has 2 aliphatic rings. The molecule has 1 saturated heterocycles. The van der Waals surface area contributed by atoms with E-state index in [0.717, 1.165) is 56.5 Å². The largest absolute Gasteiger partial charge is 0.494 e. The molecule has 0 radical (unpaired) electrons. The van der Waals surface area contributed by atoms with Crippen molar-refractivity contribution in [2.75, 3.05) is 26.2 Å². The highest BCUT2D eigenvalue weighted by molar-refractivity contribution is 6.35. The van der Waals surface area contributed by atoms with E-state index in [2.05, 4.69) is 18.7 Å². The molecule has 0 aliphatic carbocycles. The molecule has 2 heterocycles. The maximum absolute atomic E-state index is 13.2. The smallest absolute Gasteiger partial charge is 0.277 e. The lowest BCUT2D eigenvalue weighted by Crippen LogP contribution is -2.38. The van der Waals surface area contributed by atoms with Crippen molar-refractivity contribution >= 4 is 17.4 Å². The zero-order valence-corrected chi connectivity index (χ0v) is 17.4. The first-order chi connectivity index (χ1) is 13.6. The van der Waals surface area contributed by atoms with E-state index in [-0.39, 0.29) is 11.8 Å². The number of amides is 2. The van der Waals surface area contributed by atoms with Crippen molar-refractivity contribution in [3.8, 4) is 5.75 Å². The summed E-state index contributed by atoms with van der Waals surface area (Å²) in [5, 5.41) is 0. The summed E-state index contributed by atoms with van der Waals surface area (Å²) >= 11 is 0. The average molecular weight is 385 g/mol. The topological polar surface area (TPSA) is 49.9 Å². The van der Waals surface area contributed by atoms with Crippen molar-refractivity contribution in [3.05, 3.63) is 35.5 Å². The number of hydrogen-bond donors (Lipinski definition) is 0. The molecule has 5 nitrogen and oxygen atoms in total. The molecule has 0 unspecified atom stereocenters. The van der Waals surface area contributed by atoms with Gasteiger partial charge in [-0.15, -0.1) is 0 Å². The molecule has 3 rings (SSSR count). The van der Waals surface area contributed by atoms with Crippen LogP contribution in [0.3, 0.4) is 0 Å².